The van der Waals surface area contributed by atoms with E-state index in [0.29, 0.717) is 5.69 Å². The molecule has 62 valence electrons. The van der Waals surface area contributed by atoms with Crippen molar-refractivity contribution in [1.29, 1.82) is 0 Å². The number of hydrogen-bond acceptors (Lipinski definition) is 3. The van der Waals surface area contributed by atoms with Gasteiger partial charge < -0.3 is 0 Å². The molecule has 1 aromatic carbocycles. The summed E-state index contributed by atoms with van der Waals surface area (Å²) in [7, 11) is 0. The van der Waals surface area contributed by atoms with Gasteiger partial charge in [0.05, 0.1) is 10.4 Å². The number of benzene rings is 1. The summed E-state index contributed by atoms with van der Waals surface area (Å²) in [4.78, 5) is 16.8. The summed E-state index contributed by atoms with van der Waals surface area (Å²) in [6, 6.07) is 7.65. The van der Waals surface area contributed by atoms with Gasteiger partial charge >= 0.3 is 0 Å². The molecule has 1 aliphatic carbocycles. The number of nitrogens with zero attached hydrogens (tertiary/aromatic N) is 1. The molecule has 0 saturated heterocycles. The molecule has 2 nitrogen and oxygen atoms in total. The van der Waals surface area contributed by atoms with Crippen molar-refractivity contribution in [3.8, 4) is 10.4 Å². The van der Waals surface area contributed by atoms with Crippen molar-refractivity contribution >= 4 is 17.1 Å². The number of aromatic nitrogens is 1. The maximum Gasteiger partial charge on any atom is 0.213 e. The summed E-state index contributed by atoms with van der Waals surface area (Å²) >= 11 is 1.53. The summed E-state index contributed by atoms with van der Waals surface area (Å²) in [6.45, 7) is 0. The highest BCUT2D eigenvalue weighted by atomic mass is 32.1. The molecule has 3 heteroatoms. The first-order valence-corrected chi connectivity index (χ1v) is 4.83. The standard InChI is InChI=1S/C10H5NOS/c12-9-6-3-1-2-4-7(6)10-8(9)11-5-13-10/h1-5H. The van der Waals surface area contributed by atoms with Crippen LogP contribution < -0.4 is 0 Å². The highest BCUT2D eigenvalue weighted by Gasteiger charge is 2.28. The van der Waals surface area contributed by atoms with E-state index in [1.165, 1.54) is 11.3 Å². The predicted octanol–water partition coefficient (Wildman–Crippen LogP) is 2.35. The van der Waals surface area contributed by atoms with E-state index in [4.69, 9.17) is 0 Å². The molecule has 1 aliphatic rings. The zero-order chi connectivity index (χ0) is 8.84. The molecule has 0 radical (unpaired) electrons. The monoisotopic (exact) mass is 187 g/mol. The van der Waals surface area contributed by atoms with Crippen LogP contribution >= 0.6 is 11.3 Å². The number of hydrogen-bond donors (Lipinski definition) is 0. The van der Waals surface area contributed by atoms with Crippen LogP contribution in [0.1, 0.15) is 16.1 Å². The van der Waals surface area contributed by atoms with Gasteiger partial charge in [-0.3, -0.25) is 4.79 Å². The van der Waals surface area contributed by atoms with Gasteiger partial charge in [0, 0.05) is 11.1 Å². The molecule has 1 aromatic heterocycles. The molecule has 0 spiro atoms. The van der Waals surface area contributed by atoms with Gasteiger partial charge in [-0.1, -0.05) is 24.3 Å². The topological polar surface area (TPSA) is 30.0 Å². The Morgan fingerprint density at radius 1 is 1.15 bits per heavy atom. The van der Waals surface area contributed by atoms with Gasteiger partial charge in [0.2, 0.25) is 5.78 Å². The molecule has 0 saturated carbocycles. The number of carbonyl (C=O) groups excluding carboxylic acids is 1. The van der Waals surface area contributed by atoms with Gasteiger partial charge in [-0.05, 0) is 0 Å². The van der Waals surface area contributed by atoms with Gasteiger partial charge in [-0.2, -0.15) is 0 Å². The van der Waals surface area contributed by atoms with Crippen LogP contribution in [0.15, 0.2) is 29.8 Å². The van der Waals surface area contributed by atoms with Crippen LogP contribution in [0.3, 0.4) is 0 Å². The number of thiazole rings is 1. The van der Waals surface area contributed by atoms with E-state index in [-0.39, 0.29) is 5.78 Å². The summed E-state index contributed by atoms with van der Waals surface area (Å²) < 4.78 is 0. The van der Waals surface area contributed by atoms with Crippen LogP contribution in [0.2, 0.25) is 0 Å². The smallest absolute Gasteiger partial charge is 0.213 e. The normalized spacial score (nSPS) is 12.8. The Labute approximate surface area is 78.9 Å². The fourth-order valence-electron chi connectivity index (χ4n) is 1.61. The second-order valence-corrected chi connectivity index (χ2v) is 3.76. The maximum atomic E-state index is 11.7. The van der Waals surface area contributed by atoms with Crippen molar-refractivity contribution < 1.29 is 4.79 Å². The largest absolute Gasteiger partial charge is 0.287 e. The van der Waals surface area contributed by atoms with Gasteiger partial charge in [-0.15, -0.1) is 11.3 Å². The molecule has 13 heavy (non-hydrogen) atoms. The number of fused-ring (bicyclic) bond motifs is 3. The van der Waals surface area contributed by atoms with Crippen molar-refractivity contribution in [3.05, 3.63) is 41.0 Å². The lowest BCUT2D eigenvalue weighted by atomic mass is 10.1. The number of rotatable bonds is 0. The summed E-state index contributed by atoms with van der Waals surface area (Å²) in [5.74, 6) is 0.0619. The maximum absolute atomic E-state index is 11.7. The molecule has 0 amide bonds. The molecule has 3 rings (SSSR count). The summed E-state index contributed by atoms with van der Waals surface area (Å²) in [5.41, 5.74) is 4.16. The summed E-state index contributed by atoms with van der Waals surface area (Å²) in [6.07, 6.45) is 0. The lowest BCUT2D eigenvalue weighted by Gasteiger charge is -1.93. The molecule has 0 N–H and O–H groups in total. The number of ketones is 1. The lowest BCUT2D eigenvalue weighted by molar-refractivity contribution is 0.103. The first-order chi connectivity index (χ1) is 6.38. The Hall–Kier alpha value is -1.48. The fourth-order valence-corrected chi connectivity index (χ4v) is 2.43. The fraction of sp³-hybridized carbons (Fsp3) is 0. The molecular weight excluding hydrogens is 182 g/mol. The minimum Gasteiger partial charge on any atom is -0.287 e. The second kappa shape index (κ2) is 2.26. The van der Waals surface area contributed by atoms with E-state index < -0.39 is 0 Å². The first kappa shape index (κ1) is 6.97. The Balaban J connectivity index is 2.43. The Morgan fingerprint density at radius 2 is 1.92 bits per heavy atom. The van der Waals surface area contributed by atoms with E-state index in [0.717, 1.165) is 16.0 Å². The van der Waals surface area contributed by atoms with E-state index in [2.05, 4.69) is 4.98 Å². The van der Waals surface area contributed by atoms with Gasteiger partial charge in [0.1, 0.15) is 5.69 Å². The van der Waals surface area contributed by atoms with Gasteiger partial charge in [-0.25, -0.2) is 4.98 Å². The van der Waals surface area contributed by atoms with Gasteiger partial charge in [0.15, 0.2) is 0 Å². The predicted molar refractivity (Wildman–Crippen MR) is 51.0 cm³/mol. The zero-order valence-corrected chi connectivity index (χ0v) is 7.47. The molecular formula is C10H5NOS. The average Bonchev–Trinajstić information content (AvgIpc) is 2.72. The third-order valence-electron chi connectivity index (χ3n) is 2.20. The average molecular weight is 187 g/mol. The van der Waals surface area contributed by atoms with Crippen molar-refractivity contribution in [3.63, 3.8) is 0 Å². The first-order valence-electron chi connectivity index (χ1n) is 3.95. The molecule has 1 heterocycles. The summed E-state index contributed by atoms with van der Waals surface area (Å²) in [5, 5.41) is 0. The molecule has 0 fully saturated rings. The van der Waals surface area contributed by atoms with E-state index in [9.17, 15) is 4.79 Å². The van der Waals surface area contributed by atoms with E-state index in [1.807, 2.05) is 24.3 Å². The van der Waals surface area contributed by atoms with Crippen molar-refractivity contribution in [2.24, 2.45) is 0 Å². The highest BCUT2D eigenvalue weighted by Crippen LogP contribution is 2.38. The Bertz CT molecular complexity index is 501. The number of carbonyl (C=O) groups is 1. The van der Waals surface area contributed by atoms with Crippen molar-refractivity contribution in [2.45, 2.75) is 0 Å². The second-order valence-electron chi connectivity index (χ2n) is 2.90. The zero-order valence-electron chi connectivity index (χ0n) is 6.65. The quantitative estimate of drug-likeness (QED) is 0.540. The van der Waals surface area contributed by atoms with Gasteiger partial charge in [0.25, 0.3) is 0 Å². The van der Waals surface area contributed by atoms with Crippen LogP contribution in [0, 0.1) is 0 Å². The van der Waals surface area contributed by atoms with E-state index >= 15 is 0 Å². The third-order valence-corrected chi connectivity index (χ3v) is 3.06. The molecule has 0 bridgehead atoms. The molecule has 0 aliphatic heterocycles. The van der Waals surface area contributed by atoms with Crippen LogP contribution in [0.4, 0.5) is 0 Å². The molecule has 0 atom stereocenters. The molecule has 0 unspecified atom stereocenters. The van der Waals surface area contributed by atoms with Crippen LogP contribution in [-0.2, 0) is 0 Å². The third kappa shape index (κ3) is 0.769. The van der Waals surface area contributed by atoms with E-state index in [1.54, 1.807) is 5.51 Å². The van der Waals surface area contributed by atoms with Crippen LogP contribution in [0.25, 0.3) is 10.4 Å². The lowest BCUT2D eigenvalue weighted by Crippen LogP contribution is -1.95. The van der Waals surface area contributed by atoms with Crippen molar-refractivity contribution in [1.82, 2.24) is 4.98 Å². The SMILES string of the molecule is O=C1c2ccccc2-c2scnc21. The minimum absolute atomic E-state index is 0.0619. The van der Waals surface area contributed by atoms with Crippen LogP contribution in [0.5, 0.6) is 0 Å². The molecule has 2 aromatic rings. The highest BCUT2D eigenvalue weighted by molar-refractivity contribution is 7.14. The Morgan fingerprint density at radius 3 is 2.77 bits per heavy atom. The minimum atomic E-state index is 0.0619. The van der Waals surface area contributed by atoms with Crippen molar-refractivity contribution in [2.75, 3.05) is 0 Å². The van der Waals surface area contributed by atoms with Crippen LogP contribution in [-0.4, -0.2) is 10.8 Å². The Kier molecular flexibility index (Phi) is 1.21.